The summed E-state index contributed by atoms with van der Waals surface area (Å²) >= 11 is 0. The molecule has 0 saturated heterocycles. The minimum Gasteiger partial charge on any atom is -0.372 e. The van der Waals surface area contributed by atoms with E-state index in [1.165, 1.54) is 5.56 Å². The van der Waals surface area contributed by atoms with Gasteiger partial charge >= 0.3 is 0 Å². The quantitative estimate of drug-likeness (QED) is 0.755. The Hall–Kier alpha value is -1.71. The monoisotopic (exact) mass is 284 g/mol. The van der Waals surface area contributed by atoms with Crippen molar-refractivity contribution in [2.45, 2.75) is 38.3 Å². The number of rotatable bonds is 8. The Morgan fingerprint density at radius 2 is 1.95 bits per heavy atom. The summed E-state index contributed by atoms with van der Waals surface area (Å²) < 4.78 is 6.04. The lowest BCUT2D eigenvalue weighted by atomic mass is 10.0. The second kappa shape index (κ2) is 8.55. The molecule has 2 aromatic rings. The molecule has 2 atom stereocenters. The molecule has 0 saturated carbocycles. The fourth-order valence-corrected chi connectivity index (χ4v) is 2.36. The zero-order valence-corrected chi connectivity index (χ0v) is 12.6. The number of pyridine rings is 1. The number of nitrogens with zero attached hydrogens (tertiary/aromatic N) is 1. The molecule has 21 heavy (non-hydrogen) atoms. The van der Waals surface area contributed by atoms with Crippen molar-refractivity contribution in [1.82, 2.24) is 4.98 Å². The van der Waals surface area contributed by atoms with Crippen molar-refractivity contribution in [3.63, 3.8) is 0 Å². The van der Waals surface area contributed by atoms with Crippen molar-refractivity contribution in [2.24, 2.45) is 5.73 Å². The first-order valence-corrected chi connectivity index (χ1v) is 7.62. The summed E-state index contributed by atoms with van der Waals surface area (Å²) in [5.74, 6) is 0. The van der Waals surface area contributed by atoms with E-state index in [1.807, 2.05) is 24.4 Å². The van der Waals surface area contributed by atoms with Crippen molar-refractivity contribution < 1.29 is 4.74 Å². The normalized spacial score (nSPS) is 13.8. The fraction of sp³-hybridized carbons (Fsp3) is 0.389. The Labute approximate surface area is 127 Å². The molecule has 0 aliphatic carbocycles. The van der Waals surface area contributed by atoms with Crippen LogP contribution < -0.4 is 5.73 Å². The van der Waals surface area contributed by atoms with E-state index in [1.54, 1.807) is 6.20 Å². The molecule has 0 amide bonds. The molecule has 2 N–H and O–H groups in total. The van der Waals surface area contributed by atoms with Crippen molar-refractivity contribution in [3.05, 3.63) is 66.0 Å². The fourth-order valence-electron chi connectivity index (χ4n) is 2.36. The van der Waals surface area contributed by atoms with E-state index in [9.17, 15) is 0 Å². The first-order chi connectivity index (χ1) is 10.3. The Bertz CT molecular complexity index is 501. The maximum atomic E-state index is 6.19. The summed E-state index contributed by atoms with van der Waals surface area (Å²) in [6.45, 7) is 2.80. The number of hydrogen-bond donors (Lipinski definition) is 1. The molecule has 0 aliphatic rings. The summed E-state index contributed by atoms with van der Waals surface area (Å²) in [7, 11) is 0. The molecular weight excluding hydrogens is 260 g/mol. The van der Waals surface area contributed by atoms with Gasteiger partial charge in [-0.1, -0.05) is 43.3 Å². The van der Waals surface area contributed by atoms with Gasteiger partial charge in [-0.05, 0) is 30.9 Å². The minimum atomic E-state index is -0.0699. The third kappa shape index (κ3) is 4.96. The molecule has 2 unspecified atom stereocenters. The minimum absolute atomic E-state index is 0.00549. The molecule has 0 aliphatic heterocycles. The maximum absolute atomic E-state index is 6.19. The molecule has 1 heterocycles. The molecule has 3 heteroatoms. The van der Waals surface area contributed by atoms with Crippen LogP contribution in [0.4, 0.5) is 0 Å². The number of nitrogens with two attached hydrogens (primary N) is 1. The third-order valence-electron chi connectivity index (χ3n) is 3.62. The first-order valence-electron chi connectivity index (χ1n) is 7.62. The van der Waals surface area contributed by atoms with Crippen molar-refractivity contribution >= 4 is 0 Å². The number of aryl methyl sites for hydroxylation is 1. The zero-order chi connectivity index (χ0) is 14.9. The molecule has 0 fully saturated rings. The lowest BCUT2D eigenvalue weighted by Crippen LogP contribution is -2.30. The van der Waals surface area contributed by atoms with Crippen LogP contribution in [-0.2, 0) is 11.2 Å². The van der Waals surface area contributed by atoms with Gasteiger partial charge in [-0.3, -0.25) is 4.98 Å². The molecule has 112 valence electrons. The smallest absolute Gasteiger partial charge is 0.0990 e. The highest BCUT2D eigenvalue weighted by Crippen LogP contribution is 2.21. The van der Waals surface area contributed by atoms with Gasteiger partial charge in [0.15, 0.2) is 0 Å². The topological polar surface area (TPSA) is 48.1 Å². The summed E-state index contributed by atoms with van der Waals surface area (Å²) in [4.78, 5) is 4.16. The van der Waals surface area contributed by atoms with Crippen LogP contribution >= 0.6 is 0 Å². The van der Waals surface area contributed by atoms with Crippen LogP contribution in [0.2, 0.25) is 0 Å². The molecule has 0 radical (unpaired) electrons. The van der Waals surface area contributed by atoms with Crippen molar-refractivity contribution in [3.8, 4) is 0 Å². The van der Waals surface area contributed by atoms with Crippen LogP contribution in [0.3, 0.4) is 0 Å². The molecule has 3 nitrogen and oxygen atoms in total. The van der Waals surface area contributed by atoms with Gasteiger partial charge in [0.05, 0.1) is 6.10 Å². The van der Waals surface area contributed by atoms with Gasteiger partial charge in [0.1, 0.15) is 0 Å². The maximum Gasteiger partial charge on any atom is 0.0990 e. The van der Waals surface area contributed by atoms with Gasteiger partial charge in [0.2, 0.25) is 0 Å². The summed E-state index contributed by atoms with van der Waals surface area (Å²) in [6, 6.07) is 14.4. The number of aromatic nitrogens is 1. The highest BCUT2D eigenvalue weighted by atomic mass is 16.5. The molecule has 0 spiro atoms. The largest absolute Gasteiger partial charge is 0.372 e. The predicted octanol–water partition coefficient (Wildman–Crippen LogP) is 3.51. The van der Waals surface area contributed by atoms with Crippen LogP contribution in [0.1, 0.15) is 37.0 Å². The molecule has 2 rings (SSSR count). The van der Waals surface area contributed by atoms with Gasteiger partial charge in [-0.25, -0.2) is 0 Å². The van der Waals surface area contributed by atoms with Gasteiger partial charge in [-0.15, -0.1) is 0 Å². The molecule has 1 aromatic heterocycles. The SMILES string of the molecule is CCC(N)C(OCCCc1ccccc1)c1cccnc1. The van der Waals surface area contributed by atoms with Crippen LogP contribution in [0, 0.1) is 0 Å². The standard InChI is InChI=1S/C18H24N2O/c1-2-17(19)18(16-11-6-12-20-14-16)21-13-7-10-15-8-4-3-5-9-15/h3-6,8-9,11-12,14,17-18H,2,7,10,13,19H2,1H3. The molecule has 1 aromatic carbocycles. The van der Waals surface area contributed by atoms with E-state index in [4.69, 9.17) is 10.5 Å². The summed E-state index contributed by atoms with van der Waals surface area (Å²) in [6.07, 6.45) is 6.46. The Balaban J connectivity index is 1.85. The number of hydrogen-bond acceptors (Lipinski definition) is 3. The summed E-state index contributed by atoms with van der Waals surface area (Å²) in [5, 5.41) is 0. The Kier molecular flexibility index (Phi) is 6.38. The van der Waals surface area contributed by atoms with Gasteiger partial charge < -0.3 is 10.5 Å². The average molecular weight is 284 g/mol. The zero-order valence-electron chi connectivity index (χ0n) is 12.6. The Morgan fingerprint density at radius 1 is 1.14 bits per heavy atom. The Morgan fingerprint density at radius 3 is 2.62 bits per heavy atom. The van der Waals surface area contributed by atoms with E-state index in [2.05, 4.69) is 36.2 Å². The van der Waals surface area contributed by atoms with Crippen LogP contribution in [0.25, 0.3) is 0 Å². The average Bonchev–Trinajstić information content (AvgIpc) is 2.56. The van der Waals surface area contributed by atoms with E-state index >= 15 is 0 Å². The predicted molar refractivity (Wildman–Crippen MR) is 86.0 cm³/mol. The number of benzene rings is 1. The van der Waals surface area contributed by atoms with Gasteiger partial charge in [0.25, 0.3) is 0 Å². The highest BCUT2D eigenvalue weighted by Gasteiger charge is 2.19. The van der Waals surface area contributed by atoms with E-state index in [0.717, 1.165) is 24.8 Å². The van der Waals surface area contributed by atoms with Crippen molar-refractivity contribution in [1.29, 1.82) is 0 Å². The van der Waals surface area contributed by atoms with Gasteiger partial charge in [-0.2, -0.15) is 0 Å². The van der Waals surface area contributed by atoms with Crippen LogP contribution in [0.5, 0.6) is 0 Å². The number of ether oxygens (including phenoxy) is 1. The lowest BCUT2D eigenvalue weighted by molar-refractivity contribution is 0.0320. The molecule has 0 bridgehead atoms. The highest BCUT2D eigenvalue weighted by molar-refractivity contribution is 5.15. The lowest BCUT2D eigenvalue weighted by Gasteiger charge is -2.23. The van der Waals surface area contributed by atoms with Gasteiger partial charge in [0, 0.05) is 30.6 Å². The van der Waals surface area contributed by atoms with Crippen molar-refractivity contribution in [2.75, 3.05) is 6.61 Å². The first kappa shape index (κ1) is 15.7. The summed E-state index contributed by atoms with van der Waals surface area (Å²) in [5.41, 5.74) is 8.60. The second-order valence-corrected chi connectivity index (χ2v) is 5.24. The van der Waals surface area contributed by atoms with Crippen LogP contribution in [0.15, 0.2) is 54.9 Å². The van der Waals surface area contributed by atoms with Crippen LogP contribution in [-0.4, -0.2) is 17.6 Å². The van der Waals surface area contributed by atoms with E-state index < -0.39 is 0 Å². The van der Waals surface area contributed by atoms with E-state index in [0.29, 0.717) is 6.61 Å². The second-order valence-electron chi connectivity index (χ2n) is 5.24. The van der Waals surface area contributed by atoms with E-state index in [-0.39, 0.29) is 12.1 Å². The third-order valence-corrected chi connectivity index (χ3v) is 3.62. The molecular formula is C18H24N2O.